The van der Waals surface area contributed by atoms with Gasteiger partial charge in [0.2, 0.25) is 0 Å². The van der Waals surface area contributed by atoms with Gasteiger partial charge in [-0.25, -0.2) is 0 Å². The van der Waals surface area contributed by atoms with Gasteiger partial charge in [-0.2, -0.15) is 0 Å². The van der Waals surface area contributed by atoms with Gasteiger partial charge in [-0.3, -0.25) is 0 Å². The van der Waals surface area contributed by atoms with Crippen LogP contribution in [0.25, 0.3) is 0 Å². The molecule has 1 saturated carbocycles. The van der Waals surface area contributed by atoms with Crippen LogP contribution in [0, 0.1) is 11.8 Å². The molecule has 2 nitrogen and oxygen atoms in total. The van der Waals surface area contributed by atoms with E-state index in [2.05, 4.69) is 32.7 Å². The zero-order valence-electron chi connectivity index (χ0n) is 10.9. The van der Waals surface area contributed by atoms with E-state index >= 15 is 0 Å². The molecule has 15 heavy (non-hydrogen) atoms. The molecule has 2 heteroatoms. The number of rotatable bonds is 4. The lowest BCUT2D eigenvalue weighted by atomic mass is 9.85. The summed E-state index contributed by atoms with van der Waals surface area (Å²) < 4.78 is 0. The lowest BCUT2D eigenvalue weighted by Crippen LogP contribution is -2.45. The third-order valence-electron chi connectivity index (χ3n) is 4.40. The highest BCUT2D eigenvalue weighted by atomic mass is 15.2. The Morgan fingerprint density at radius 1 is 1.20 bits per heavy atom. The first-order valence-corrected chi connectivity index (χ1v) is 6.48. The predicted molar refractivity (Wildman–Crippen MR) is 66.9 cm³/mol. The van der Waals surface area contributed by atoms with Crippen molar-refractivity contribution in [3.63, 3.8) is 0 Å². The molecule has 0 aliphatic heterocycles. The van der Waals surface area contributed by atoms with Crippen LogP contribution < -0.4 is 5.73 Å². The smallest absolute Gasteiger partial charge is 0.0104 e. The average Bonchev–Trinajstić information content (AvgIpc) is 2.27. The first kappa shape index (κ1) is 13.0. The number of nitrogens with two attached hydrogens (primary N) is 1. The fraction of sp³-hybridized carbons (Fsp3) is 1.00. The van der Waals surface area contributed by atoms with Gasteiger partial charge >= 0.3 is 0 Å². The molecule has 1 aliphatic rings. The summed E-state index contributed by atoms with van der Waals surface area (Å²) >= 11 is 0. The SMILES string of the molecule is CC1CCC(N(C)C(C)C(C)CN)CC1. The highest BCUT2D eigenvalue weighted by Gasteiger charge is 2.26. The van der Waals surface area contributed by atoms with Gasteiger partial charge in [0.15, 0.2) is 0 Å². The van der Waals surface area contributed by atoms with Crippen LogP contribution in [-0.4, -0.2) is 30.6 Å². The lowest BCUT2D eigenvalue weighted by molar-refractivity contribution is 0.104. The van der Waals surface area contributed by atoms with Gasteiger partial charge in [0.1, 0.15) is 0 Å². The summed E-state index contributed by atoms with van der Waals surface area (Å²) in [6.07, 6.45) is 5.55. The standard InChI is InChI=1S/C13H28N2/c1-10-5-7-13(8-6-10)15(4)12(3)11(2)9-14/h10-13H,5-9,14H2,1-4H3. The maximum atomic E-state index is 5.74. The largest absolute Gasteiger partial charge is 0.330 e. The van der Waals surface area contributed by atoms with Crippen molar-refractivity contribution in [2.75, 3.05) is 13.6 Å². The normalized spacial score (nSPS) is 31.6. The molecule has 0 radical (unpaired) electrons. The third-order valence-corrected chi connectivity index (χ3v) is 4.40. The molecule has 2 atom stereocenters. The molecule has 1 rings (SSSR count). The van der Waals surface area contributed by atoms with E-state index in [1.165, 1.54) is 25.7 Å². The van der Waals surface area contributed by atoms with Gasteiger partial charge in [-0.15, -0.1) is 0 Å². The molecule has 0 spiro atoms. The Kier molecular flexibility index (Phi) is 5.07. The maximum absolute atomic E-state index is 5.74. The second kappa shape index (κ2) is 5.86. The van der Waals surface area contributed by atoms with Gasteiger partial charge in [-0.05, 0) is 58.0 Å². The topological polar surface area (TPSA) is 29.3 Å². The van der Waals surface area contributed by atoms with E-state index in [4.69, 9.17) is 5.73 Å². The van der Waals surface area contributed by atoms with E-state index in [0.717, 1.165) is 18.5 Å². The minimum atomic E-state index is 0.606. The van der Waals surface area contributed by atoms with Crippen molar-refractivity contribution in [3.8, 4) is 0 Å². The molecule has 2 unspecified atom stereocenters. The summed E-state index contributed by atoms with van der Waals surface area (Å²) in [6.45, 7) is 7.75. The Bertz CT molecular complexity index is 173. The molecular formula is C13H28N2. The first-order valence-electron chi connectivity index (χ1n) is 6.48. The predicted octanol–water partition coefficient (Wildman–Crippen LogP) is 2.48. The van der Waals surface area contributed by atoms with Crippen LogP contribution in [0.2, 0.25) is 0 Å². The Hall–Kier alpha value is -0.0800. The monoisotopic (exact) mass is 212 g/mol. The highest BCUT2D eigenvalue weighted by molar-refractivity contribution is 4.81. The van der Waals surface area contributed by atoms with Crippen LogP contribution in [0.5, 0.6) is 0 Å². The fourth-order valence-electron chi connectivity index (χ4n) is 2.58. The molecule has 0 amide bonds. The minimum absolute atomic E-state index is 0.606. The summed E-state index contributed by atoms with van der Waals surface area (Å²) in [5.41, 5.74) is 5.74. The molecule has 0 aromatic heterocycles. The van der Waals surface area contributed by atoms with E-state index in [-0.39, 0.29) is 0 Å². The van der Waals surface area contributed by atoms with Crippen LogP contribution in [0.3, 0.4) is 0 Å². The molecule has 1 fully saturated rings. The highest BCUT2D eigenvalue weighted by Crippen LogP contribution is 2.28. The summed E-state index contributed by atoms with van der Waals surface area (Å²) in [5, 5.41) is 0. The molecule has 0 heterocycles. The second-order valence-electron chi connectivity index (χ2n) is 5.53. The van der Waals surface area contributed by atoms with E-state index in [1.54, 1.807) is 0 Å². The van der Waals surface area contributed by atoms with Crippen LogP contribution in [0.15, 0.2) is 0 Å². The van der Waals surface area contributed by atoms with Gasteiger partial charge < -0.3 is 10.6 Å². The molecule has 0 saturated heterocycles. The summed E-state index contributed by atoms with van der Waals surface area (Å²) in [7, 11) is 2.28. The van der Waals surface area contributed by atoms with Gasteiger partial charge in [0.25, 0.3) is 0 Å². The van der Waals surface area contributed by atoms with Gasteiger partial charge in [0, 0.05) is 12.1 Å². The first-order chi connectivity index (χ1) is 7.06. The van der Waals surface area contributed by atoms with Crippen molar-refractivity contribution < 1.29 is 0 Å². The Balaban J connectivity index is 2.42. The molecule has 0 aromatic carbocycles. The van der Waals surface area contributed by atoms with Crippen LogP contribution >= 0.6 is 0 Å². The van der Waals surface area contributed by atoms with Crippen molar-refractivity contribution in [3.05, 3.63) is 0 Å². The molecule has 0 aromatic rings. The number of hydrogen-bond acceptors (Lipinski definition) is 2. The Morgan fingerprint density at radius 2 is 1.73 bits per heavy atom. The van der Waals surface area contributed by atoms with Gasteiger partial charge in [0.05, 0.1) is 0 Å². The molecule has 2 N–H and O–H groups in total. The molecule has 1 aliphatic carbocycles. The fourth-order valence-corrected chi connectivity index (χ4v) is 2.58. The molecule has 0 bridgehead atoms. The minimum Gasteiger partial charge on any atom is -0.330 e. The lowest BCUT2D eigenvalue weighted by Gasteiger charge is -2.39. The van der Waals surface area contributed by atoms with E-state index < -0.39 is 0 Å². The third kappa shape index (κ3) is 3.46. The number of hydrogen-bond donors (Lipinski definition) is 1. The summed E-state index contributed by atoms with van der Waals surface area (Å²) in [6, 6.07) is 1.42. The van der Waals surface area contributed by atoms with Gasteiger partial charge in [-0.1, -0.05) is 13.8 Å². The maximum Gasteiger partial charge on any atom is 0.0104 e. The van der Waals surface area contributed by atoms with Crippen molar-refractivity contribution >= 4 is 0 Å². The van der Waals surface area contributed by atoms with E-state index in [1.807, 2.05) is 0 Å². The van der Waals surface area contributed by atoms with Crippen LogP contribution in [0.1, 0.15) is 46.5 Å². The molecular weight excluding hydrogens is 184 g/mol. The second-order valence-corrected chi connectivity index (χ2v) is 5.53. The summed E-state index contributed by atoms with van der Waals surface area (Å²) in [5.74, 6) is 1.55. The molecule has 90 valence electrons. The average molecular weight is 212 g/mol. The van der Waals surface area contributed by atoms with E-state index in [9.17, 15) is 0 Å². The van der Waals surface area contributed by atoms with E-state index in [0.29, 0.717) is 12.0 Å². The van der Waals surface area contributed by atoms with Crippen molar-refractivity contribution in [2.24, 2.45) is 17.6 Å². The number of nitrogens with zero attached hydrogens (tertiary/aromatic N) is 1. The van der Waals surface area contributed by atoms with Crippen molar-refractivity contribution in [1.29, 1.82) is 0 Å². The zero-order chi connectivity index (χ0) is 11.4. The zero-order valence-corrected chi connectivity index (χ0v) is 10.9. The van der Waals surface area contributed by atoms with Crippen LogP contribution in [-0.2, 0) is 0 Å². The van der Waals surface area contributed by atoms with Crippen molar-refractivity contribution in [2.45, 2.75) is 58.5 Å². The van der Waals surface area contributed by atoms with Crippen LogP contribution in [0.4, 0.5) is 0 Å². The Labute approximate surface area is 95.2 Å². The Morgan fingerprint density at radius 3 is 2.20 bits per heavy atom. The summed E-state index contributed by atoms with van der Waals surface area (Å²) in [4.78, 5) is 2.56. The van der Waals surface area contributed by atoms with Crippen molar-refractivity contribution in [1.82, 2.24) is 4.90 Å². The quantitative estimate of drug-likeness (QED) is 0.776.